The maximum Gasteiger partial charge on any atom is 0.109 e. The summed E-state index contributed by atoms with van der Waals surface area (Å²) in [7, 11) is 2.03. The Hall–Kier alpha value is -2.13. The van der Waals surface area contributed by atoms with Crippen LogP contribution in [0.3, 0.4) is 0 Å². The molecule has 0 aliphatic carbocycles. The molecular weight excluding hydrogens is 246 g/mol. The molecule has 1 N–H and O–H groups in total. The molecule has 0 amide bonds. The van der Waals surface area contributed by atoms with E-state index in [1.165, 1.54) is 16.3 Å². The van der Waals surface area contributed by atoms with Crippen molar-refractivity contribution in [3.8, 4) is 0 Å². The Balaban J connectivity index is 1.56. The predicted octanol–water partition coefficient (Wildman–Crippen LogP) is 2.91. The number of benzene rings is 2. The van der Waals surface area contributed by atoms with Crippen molar-refractivity contribution in [1.82, 2.24) is 14.9 Å². The minimum atomic E-state index is 0.898. The van der Waals surface area contributed by atoms with Gasteiger partial charge in [-0.05, 0) is 22.4 Å². The topological polar surface area (TPSA) is 29.9 Å². The van der Waals surface area contributed by atoms with Crippen LogP contribution in [-0.2, 0) is 20.0 Å². The van der Waals surface area contributed by atoms with E-state index in [9.17, 15) is 0 Å². The quantitative estimate of drug-likeness (QED) is 0.719. The molecule has 3 rings (SSSR count). The zero-order chi connectivity index (χ0) is 13.8. The van der Waals surface area contributed by atoms with Gasteiger partial charge >= 0.3 is 0 Å². The minimum absolute atomic E-state index is 0.898. The van der Waals surface area contributed by atoms with Crippen molar-refractivity contribution in [2.45, 2.75) is 13.0 Å². The van der Waals surface area contributed by atoms with Crippen molar-refractivity contribution < 1.29 is 0 Å². The van der Waals surface area contributed by atoms with Gasteiger partial charge in [0.25, 0.3) is 0 Å². The summed E-state index contributed by atoms with van der Waals surface area (Å²) >= 11 is 0. The summed E-state index contributed by atoms with van der Waals surface area (Å²) in [5, 5.41) is 6.08. The lowest BCUT2D eigenvalue weighted by atomic mass is 10.1. The van der Waals surface area contributed by atoms with Crippen LogP contribution in [0.15, 0.2) is 54.9 Å². The van der Waals surface area contributed by atoms with Gasteiger partial charge in [0.2, 0.25) is 0 Å². The van der Waals surface area contributed by atoms with E-state index >= 15 is 0 Å². The Kier molecular flexibility index (Phi) is 3.79. The molecule has 20 heavy (non-hydrogen) atoms. The van der Waals surface area contributed by atoms with Crippen LogP contribution in [0.4, 0.5) is 0 Å². The van der Waals surface area contributed by atoms with Crippen molar-refractivity contribution in [1.29, 1.82) is 0 Å². The van der Waals surface area contributed by atoms with Gasteiger partial charge in [-0.3, -0.25) is 0 Å². The summed E-state index contributed by atoms with van der Waals surface area (Å²) in [6, 6.07) is 15.1. The van der Waals surface area contributed by atoms with Gasteiger partial charge in [0.15, 0.2) is 0 Å². The lowest BCUT2D eigenvalue weighted by molar-refractivity contribution is 0.655. The van der Waals surface area contributed by atoms with E-state index in [2.05, 4.69) is 57.3 Å². The molecule has 0 spiro atoms. The summed E-state index contributed by atoms with van der Waals surface area (Å²) in [5.74, 6) is 1.12. The third kappa shape index (κ3) is 2.89. The first-order valence-corrected chi connectivity index (χ1v) is 6.97. The monoisotopic (exact) mass is 265 g/mol. The lowest BCUT2D eigenvalue weighted by Gasteiger charge is -2.06. The van der Waals surface area contributed by atoms with Gasteiger partial charge < -0.3 is 9.88 Å². The van der Waals surface area contributed by atoms with Crippen molar-refractivity contribution in [2.75, 3.05) is 6.54 Å². The molecule has 0 aliphatic heterocycles. The molecule has 0 aliphatic rings. The van der Waals surface area contributed by atoms with Gasteiger partial charge in [-0.25, -0.2) is 4.98 Å². The molecule has 102 valence electrons. The largest absolute Gasteiger partial charge is 0.338 e. The second kappa shape index (κ2) is 5.88. The number of fused-ring (bicyclic) bond motifs is 1. The predicted molar refractivity (Wildman–Crippen MR) is 82.6 cm³/mol. The van der Waals surface area contributed by atoms with Crippen LogP contribution in [0.1, 0.15) is 11.4 Å². The standard InChI is InChI=1S/C17H19N3/c1-20-11-10-19-17(20)8-9-18-13-14-6-7-15-4-2-3-5-16(15)12-14/h2-7,10-12,18H,8-9,13H2,1H3. The Morgan fingerprint density at radius 2 is 1.95 bits per heavy atom. The Morgan fingerprint density at radius 1 is 1.10 bits per heavy atom. The van der Waals surface area contributed by atoms with E-state index in [1.54, 1.807) is 0 Å². The molecule has 0 radical (unpaired) electrons. The highest BCUT2D eigenvalue weighted by Gasteiger charge is 1.99. The molecule has 0 saturated carbocycles. The lowest BCUT2D eigenvalue weighted by Crippen LogP contribution is -2.18. The molecule has 3 nitrogen and oxygen atoms in total. The van der Waals surface area contributed by atoms with Crippen LogP contribution in [0.25, 0.3) is 10.8 Å². The summed E-state index contributed by atoms with van der Waals surface area (Å²) in [5.41, 5.74) is 1.32. The molecule has 0 saturated heterocycles. The number of rotatable bonds is 5. The average molecular weight is 265 g/mol. The van der Waals surface area contributed by atoms with Gasteiger partial charge in [-0.2, -0.15) is 0 Å². The van der Waals surface area contributed by atoms with Crippen molar-refractivity contribution in [3.63, 3.8) is 0 Å². The first-order valence-electron chi connectivity index (χ1n) is 6.97. The molecule has 3 heteroatoms. The second-order valence-electron chi connectivity index (χ2n) is 5.06. The van der Waals surface area contributed by atoms with E-state index in [1.807, 2.05) is 19.4 Å². The number of nitrogens with one attached hydrogen (secondary N) is 1. The molecule has 0 unspecified atom stereocenters. The smallest absolute Gasteiger partial charge is 0.109 e. The van der Waals surface area contributed by atoms with E-state index in [0.29, 0.717) is 0 Å². The molecule has 1 heterocycles. The van der Waals surface area contributed by atoms with Crippen LogP contribution < -0.4 is 5.32 Å². The van der Waals surface area contributed by atoms with Gasteiger partial charge in [0.05, 0.1) is 0 Å². The number of hydrogen-bond acceptors (Lipinski definition) is 2. The zero-order valence-corrected chi connectivity index (χ0v) is 11.7. The fourth-order valence-electron chi connectivity index (χ4n) is 2.42. The highest BCUT2D eigenvalue weighted by atomic mass is 15.0. The maximum absolute atomic E-state index is 4.32. The first kappa shape index (κ1) is 12.9. The third-order valence-corrected chi connectivity index (χ3v) is 3.59. The van der Waals surface area contributed by atoms with Gasteiger partial charge in [0, 0.05) is 39.0 Å². The molecule has 0 bridgehead atoms. The van der Waals surface area contributed by atoms with Crippen molar-refractivity contribution in [3.05, 3.63) is 66.2 Å². The second-order valence-corrected chi connectivity index (χ2v) is 5.06. The van der Waals surface area contributed by atoms with Crippen LogP contribution >= 0.6 is 0 Å². The van der Waals surface area contributed by atoms with Crippen molar-refractivity contribution >= 4 is 10.8 Å². The van der Waals surface area contributed by atoms with Crippen LogP contribution in [0, 0.1) is 0 Å². The van der Waals surface area contributed by atoms with Crippen LogP contribution in [0.2, 0.25) is 0 Å². The summed E-state index contributed by atoms with van der Waals surface area (Å²) in [4.78, 5) is 4.32. The minimum Gasteiger partial charge on any atom is -0.338 e. The number of hydrogen-bond donors (Lipinski definition) is 1. The Morgan fingerprint density at radius 3 is 2.75 bits per heavy atom. The van der Waals surface area contributed by atoms with Crippen molar-refractivity contribution in [2.24, 2.45) is 7.05 Å². The van der Waals surface area contributed by atoms with Crippen LogP contribution in [-0.4, -0.2) is 16.1 Å². The maximum atomic E-state index is 4.32. The number of imidazole rings is 1. The summed E-state index contributed by atoms with van der Waals surface area (Å²) < 4.78 is 2.07. The van der Waals surface area contributed by atoms with E-state index < -0.39 is 0 Å². The fourth-order valence-corrected chi connectivity index (χ4v) is 2.42. The van der Waals surface area contributed by atoms with E-state index in [4.69, 9.17) is 0 Å². The molecular formula is C17H19N3. The number of aryl methyl sites for hydroxylation is 1. The van der Waals surface area contributed by atoms with Gasteiger partial charge in [-0.1, -0.05) is 36.4 Å². The SMILES string of the molecule is Cn1ccnc1CCNCc1ccc2ccccc2c1. The fraction of sp³-hybridized carbons (Fsp3) is 0.235. The van der Waals surface area contributed by atoms with Gasteiger partial charge in [-0.15, -0.1) is 0 Å². The average Bonchev–Trinajstić information content (AvgIpc) is 2.89. The molecule has 0 fully saturated rings. The number of aromatic nitrogens is 2. The van der Waals surface area contributed by atoms with Gasteiger partial charge in [0.1, 0.15) is 5.82 Å². The van der Waals surface area contributed by atoms with E-state index in [0.717, 1.165) is 25.3 Å². The first-order chi connectivity index (χ1) is 9.83. The Bertz CT molecular complexity index is 700. The highest BCUT2D eigenvalue weighted by molar-refractivity contribution is 5.82. The third-order valence-electron chi connectivity index (χ3n) is 3.59. The molecule has 3 aromatic rings. The normalized spacial score (nSPS) is 11.1. The summed E-state index contributed by atoms with van der Waals surface area (Å²) in [6.07, 6.45) is 4.79. The number of nitrogens with zero attached hydrogens (tertiary/aromatic N) is 2. The zero-order valence-electron chi connectivity index (χ0n) is 11.7. The molecule has 2 aromatic carbocycles. The highest BCUT2D eigenvalue weighted by Crippen LogP contribution is 2.15. The molecule has 0 atom stereocenters. The van der Waals surface area contributed by atoms with E-state index in [-0.39, 0.29) is 0 Å². The van der Waals surface area contributed by atoms with Crippen LogP contribution in [0.5, 0.6) is 0 Å². The summed E-state index contributed by atoms with van der Waals surface area (Å²) in [6.45, 7) is 1.84. The molecule has 1 aromatic heterocycles. The Labute approximate surface area is 119 Å².